The molecule has 0 radical (unpaired) electrons. The zero-order chi connectivity index (χ0) is 14.7. The molecule has 2 aromatic heterocycles. The Balaban J connectivity index is 1.86. The monoisotopic (exact) mass is 299 g/mol. The molecule has 5 heteroatoms. The van der Waals surface area contributed by atoms with Gasteiger partial charge in [0.05, 0.1) is 6.54 Å². The molecule has 1 aromatic carbocycles. The highest BCUT2D eigenvalue weighted by molar-refractivity contribution is 7.15. The van der Waals surface area contributed by atoms with E-state index < -0.39 is 0 Å². The second kappa shape index (κ2) is 6.10. The first kappa shape index (κ1) is 13.8. The number of hydrogen-bond donors (Lipinski definition) is 1. The molecular formula is C16H17N3OS. The van der Waals surface area contributed by atoms with Crippen molar-refractivity contribution in [3.8, 4) is 0 Å². The molecular weight excluding hydrogens is 282 g/mol. The number of nitrogens with zero attached hydrogens (tertiary/aromatic N) is 2. The second-order valence-electron chi connectivity index (χ2n) is 4.89. The Morgan fingerprint density at radius 3 is 3.00 bits per heavy atom. The third kappa shape index (κ3) is 2.97. The van der Waals surface area contributed by atoms with Gasteiger partial charge in [-0.05, 0) is 23.9 Å². The maximum atomic E-state index is 12.4. The van der Waals surface area contributed by atoms with Crippen LogP contribution in [0.2, 0.25) is 0 Å². The van der Waals surface area contributed by atoms with Crippen molar-refractivity contribution in [1.82, 2.24) is 9.55 Å². The van der Waals surface area contributed by atoms with Crippen molar-refractivity contribution in [3.05, 3.63) is 58.0 Å². The van der Waals surface area contributed by atoms with Gasteiger partial charge in [-0.2, -0.15) is 0 Å². The second-order valence-corrected chi connectivity index (χ2v) is 6.01. The van der Waals surface area contributed by atoms with Crippen molar-refractivity contribution >= 4 is 27.2 Å². The zero-order valence-corrected chi connectivity index (χ0v) is 12.7. The van der Waals surface area contributed by atoms with Crippen LogP contribution in [0.15, 0.2) is 47.5 Å². The van der Waals surface area contributed by atoms with Crippen LogP contribution < -0.4 is 10.9 Å². The minimum atomic E-state index is 0.0459. The molecule has 0 atom stereocenters. The fourth-order valence-electron chi connectivity index (χ4n) is 2.22. The number of aromatic nitrogens is 2. The van der Waals surface area contributed by atoms with E-state index in [-0.39, 0.29) is 5.56 Å². The summed E-state index contributed by atoms with van der Waals surface area (Å²) in [5.74, 6) is 0. The van der Waals surface area contributed by atoms with Crippen molar-refractivity contribution in [3.63, 3.8) is 0 Å². The Labute approximate surface area is 127 Å². The van der Waals surface area contributed by atoms with Crippen LogP contribution in [0.3, 0.4) is 0 Å². The van der Waals surface area contributed by atoms with E-state index in [1.54, 1.807) is 15.9 Å². The Morgan fingerprint density at radius 1 is 1.29 bits per heavy atom. The van der Waals surface area contributed by atoms with Gasteiger partial charge in [-0.3, -0.25) is 4.79 Å². The number of hydrogen-bond acceptors (Lipinski definition) is 4. The van der Waals surface area contributed by atoms with Gasteiger partial charge in [-0.25, -0.2) is 4.98 Å². The van der Waals surface area contributed by atoms with E-state index in [2.05, 4.69) is 17.2 Å². The smallest absolute Gasteiger partial charge is 0.258 e. The van der Waals surface area contributed by atoms with Crippen molar-refractivity contribution in [1.29, 1.82) is 0 Å². The van der Waals surface area contributed by atoms with E-state index in [0.29, 0.717) is 6.54 Å². The topological polar surface area (TPSA) is 46.9 Å². The lowest BCUT2D eigenvalue weighted by Crippen LogP contribution is -2.19. The van der Waals surface area contributed by atoms with Crippen LogP contribution >= 0.6 is 11.3 Å². The van der Waals surface area contributed by atoms with Gasteiger partial charge in [-0.15, -0.1) is 11.3 Å². The van der Waals surface area contributed by atoms with Gasteiger partial charge in [-0.1, -0.05) is 25.1 Å². The fourth-order valence-corrected chi connectivity index (χ4v) is 3.05. The molecule has 2 heterocycles. The van der Waals surface area contributed by atoms with Crippen LogP contribution in [0.5, 0.6) is 0 Å². The summed E-state index contributed by atoms with van der Waals surface area (Å²) in [5, 5.41) is 5.92. The predicted molar refractivity (Wildman–Crippen MR) is 88.2 cm³/mol. The SMILES string of the molecule is CCCNc1ncc(Cn2ccc3ccccc3c2=O)s1. The van der Waals surface area contributed by atoms with Crippen LogP contribution in [0, 0.1) is 0 Å². The maximum Gasteiger partial charge on any atom is 0.258 e. The molecule has 0 aliphatic heterocycles. The van der Waals surface area contributed by atoms with Crippen molar-refractivity contribution in [2.24, 2.45) is 0 Å². The van der Waals surface area contributed by atoms with Gasteiger partial charge in [0.15, 0.2) is 5.13 Å². The van der Waals surface area contributed by atoms with Crippen LogP contribution in [0.1, 0.15) is 18.2 Å². The van der Waals surface area contributed by atoms with Crippen LogP contribution in [0.25, 0.3) is 10.8 Å². The van der Waals surface area contributed by atoms with Crippen molar-refractivity contribution in [2.75, 3.05) is 11.9 Å². The molecule has 0 amide bonds. The molecule has 0 bridgehead atoms. The van der Waals surface area contributed by atoms with Crippen LogP contribution in [0.4, 0.5) is 5.13 Å². The lowest BCUT2D eigenvalue weighted by molar-refractivity contribution is 0.777. The van der Waals surface area contributed by atoms with E-state index >= 15 is 0 Å². The number of thiazole rings is 1. The third-order valence-corrected chi connectivity index (χ3v) is 4.23. The number of benzene rings is 1. The average molecular weight is 299 g/mol. The van der Waals surface area contributed by atoms with E-state index in [1.165, 1.54) is 0 Å². The summed E-state index contributed by atoms with van der Waals surface area (Å²) in [6.07, 6.45) is 4.76. The number of pyridine rings is 1. The molecule has 0 saturated heterocycles. The predicted octanol–water partition coefficient (Wildman–Crippen LogP) is 3.33. The van der Waals surface area contributed by atoms with E-state index in [0.717, 1.165) is 33.7 Å². The van der Waals surface area contributed by atoms with Crippen molar-refractivity contribution in [2.45, 2.75) is 19.9 Å². The molecule has 0 fully saturated rings. The normalized spacial score (nSPS) is 10.9. The summed E-state index contributed by atoms with van der Waals surface area (Å²) in [6.45, 7) is 3.61. The highest BCUT2D eigenvalue weighted by atomic mass is 32.1. The van der Waals surface area contributed by atoms with Crippen molar-refractivity contribution < 1.29 is 0 Å². The Hall–Kier alpha value is -2.14. The van der Waals surface area contributed by atoms with Gasteiger partial charge < -0.3 is 9.88 Å². The van der Waals surface area contributed by atoms with E-state index in [9.17, 15) is 4.79 Å². The molecule has 0 aliphatic carbocycles. The number of rotatable bonds is 5. The summed E-state index contributed by atoms with van der Waals surface area (Å²) in [6, 6.07) is 9.65. The molecule has 0 unspecified atom stereocenters. The Bertz CT molecular complexity index is 806. The van der Waals surface area contributed by atoms with Gasteiger partial charge >= 0.3 is 0 Å². The Morgan fingerprint density at radius 2 is 2.14 bits per heavy atom. The first-order valence-corrected chi connectivity index (χ1v) is 7.86. The molecule has 0 spiro atoms. The highest BCUT2D eigenvalue weighted by Crippen LogP contribution is 2.19. The van der Waals surface area contributed by atoms with Gasteiger partial charge in [0, 0.05) is 29.2 Å². The minimum absolute atomic E-state index is 0.0459. The third-order valence-electron chi connectivity index (χ3n) is 3.29. The molecule has 3 aromatic rings. The highest BCUT2D eigenvalue weighted by Gasteiger charge is 2.06. The standard InChI is InChI=1S/C16H17N3OS/c1-2-8-17-16-18-10-13(21-16)11-19-9-7-12-5-3-4-6-14(12)15(19)20/h3-7,9-10H,2,8,11H2,1H3,(H,17,18). The molecule has 1 N–H and O–H groups in total. The minimum Gasteiger partial charge on any atom is -0.362 e. The molecule has 108 valence electrons. The summed E-state index contributed by atoms with van der Waals surface area (Å²) in [4.78, 5) is 17.9. The number of nitrogens with one attached hydrogen (secondary N) is 1. The zero-order valence-electron chi connectivity index (χ0n) is 11.9. The molecule has 0 aliphatic rings. The molecule has 3 rings (SSSR count). The average Bonchev–Trinajstić information content (AvgIpc) is 2.96. The van der Waals surface area contributed by atoms with E-state index in [1.807, 2.05) is 42.7 Å². The summed E-state index contributed by atoms with van der Waals surface area (Å²) in [7, 11) is 0. The summed E-state index contributed by atoms with van der Waals surface area (Å²) < 4.78 is 1.74. The lowest BCUT2D eigenvalue weighted by atomic mass is 10.2. The Kier molecular flexibility index (Phi) is 4.01. The molecule has 4 nitrogen and oxygen atoms in total. The number of anilines is 1. The first-order valence-electron chi connectivity index (χ1n) is 7.04. The largest absolute Gasteiger partial charge is 0.362 e. The quantitative estimate of drug-likeness (QED) is 0.786. The maximum absolute atomic E-state index is 12.4. The van der Waals surface area contributed by atoms with E-state index in [4.69, 9.17) is 0 Å². The lowest BCUT2D eigenvalue weighted by Gasteiger charge is -2.05. The molecule has 0 saturated carbocycles. The van der Waals surface area contributed by atoms with Crippen LogP contribution in [-0.2, 0) is 6.54 Å². The van der Waals surface area contributed by atoms with Crippen LogP contribution in [-0.4, -0.2) is 16.1 Å². The summed E-state index contributed by atoms with van der Waals surface area (Å²) in [5.41, 5.74) is 0.0459. The first-order chi connectivity index (χ1) is 10.3. The van der Waals surface area contributed by atoms with Gasteiger partial charge in [0.1, 0.15) is 0 Å². The molecule has 21 heavy (non-hydrogen) atoms. The fraction of sp³-hybridized carbons (Fsp3) is 0.250. The van der Waals surface area contributed by atoms with Gasteiger partial charge in [0.2, 0.25) is 0 Å². The summed E-state index contributed by atoms with van der Waals surface area (Å²) >= 11 is 1.60. The van der Waals surface area contributed by atoms with Gasteiger partial charge in [0.25, 0.3) is 5.56 Å². The number of fused-ring (bicyclic) bond motifs is 1.